The molecule has 3 nitrogen and oxygen atoms in total. The second-order valence-corrected chi connectivity index (χ2v) is 8.11. The minimum atomic E-state index is -0.512. The summed E-state index contributed by atoms with van der Waals surface area (Å²) in [7, 11) is 0. The van der Waals surface area contributed by atoms with Gasteiger partial charge in [-0.05, 0) is 38.0 Å². The van der Waals surface area contributed by atoms with Gasteiger partial charge in [0.15, 0.2) is 5.60 Å². The van der Waals surface area contributed by atoms with Crippen LogP contribution >= 0.6 is 0 Å². The molecule has 0 radical (unpaired) electrons. The number of ether oxygens (including phenoxy) is 1. The smallest absolute Gasteiger partial charge is 0.253 e. The molecule has 0 spiro atoms. The average Bonchev–Trinajstić information content (AvgIpc) is 2.92. The van der Waals surface area contributed by atoms with Gasteiger partial charge in [0, 0.05) is 16.9 Å². The van der Waals surface area contributed by atoms with Crippen LogP contribution in [0.25, 0.3) is 0 Å². The van der Waals surface area contributed by atoms with Crippen molar-refractivity contribution in [2.45, 2.75) is 76.9 Å². The Hall–Kier alpha value is -0.570. The molecule has 4 fully saturated rings. The SMILES string of the molecule is C[C@@]12CC[C@@H]3C[C@]1(C(=O)NC1CCCCC1)OC[C@]32C. The van der Waals surface area contributed by atoms with E-state index in [9.17, 15) is 4.79 Å². The molecule has 0 unspecified atom stereocenters. The van der Waals surface area contributed by atoms with Gasteiger partial charge in [-0.15, -0.1) is 0 Å². The Morgan fingerprint density at radius 1 is 1.15 bits per heavy atom. The van der Waals surface area contributed by atoms with Gasteiger partial charge in [0.2, 0.25) is 0 Å². The quantitative estimate of drug-likeness (QED) is 0.842. The van der Waals surface area contributed by atoms with Gasteiger partial charge < -0.3 is 10.1 Å². The van der Waals surface area contributed by atoms with E-state index in [2.05, 4.69) is 19.2 Å². The van der Waals surface area contributed by atoms with E-state index in [0.29, 0.717) is 12.0 Å². The molecule has 4 bridgehead atoms. The predicted octanol–water partition coefficient (Wildman–Crippen LogP) is 3.03. The van der Waals surface area contributed by atoms with Crippen molar-refractivity contribution in [1.29, 1.82) is 0 Å². The molecule has 1 amide bonds. The lowest BCUT2D eigenvalue weighted by Gasteiger charge is -2.41. The van der Waals surface area contributed by atoms with Crippen LogP contribution in [-0.2, 0) is 9.53 Å². The van der Waals surface area contributed by atoms with Crippen LogP contribution in [-0.4, -0.2) is 24.2 Å². The summed E-state index contributed by atoms with van der Waals surface area (Å²) in [5.74, 6) is 0.899. The van der Waals surface area contributed by atoms with E-state index in [1.54, 1.807) is 0 Å². The van der Waals surface area contributed by atoms with E-state index < -0.39 is 5.60 Å². The normalized spacial score (nSPS) is 50.6. The highest BCUT2D eigenvalue weighted by Gasteiger charge is 2.78. The lowest BCUT2D eigenvalue weighted by molar-refractivity contribution is -0.156. The lowest BCUT2D eigenvalue weighted by Crippen LogP contribution is -2.57. The number of carbonyl (C=O) groups is 1. The Kier molecular flexibility index (Phi) is 2.62. The highest BCUT2D eigenvalue weighted by molar-refractivity contribution is 5.88. The molecular weight excluding hydrogens is 250 g/mol. The van der Waals surface area contributed by atoms with E-state index >= 15 is 0 Å². The first-order valence-corrected chi connectivity index (χ1v) is 8.47. The van der Waals surface area contributed by atoms with Gasteiger partial charge >= 0.3 is 0 Å². The van der Waals surface area contributed by atoms with Crippen molar-refractivity contribution in [2.24, 2.45) is 16.7 Å². The average molecular weight is 277 g/mol. The van der Waals surface area contributed by atoms with Gasteiger partial charge in [-0.2, -0.15) is 0 Å². The van der Waals surface area contributed by atoms with Crippen LogP contribution in [0.3, 0.4) is 0 Å². The lowest BCUT2D eigenvalue weighted by atomic mass is 9.66. The summed E-state index contributed by atoms with van der Waals surface area (Å²) in [5, 5.41) is 3.34. The number of nitrogens with one attached hydrogen (secondary N) is 1. The summed E-state index contributed by atoms with van der Waals surface area (Å²) < 4.78 is 6.17. The molecule has 0 aromatic carbocycles. The van der Waals surface area contributed by atoms with Crippen LogP contribution in [0.1, 0.15) is 65.2 Å². The third kappa shape index (κ3) is 1.33. The number of amides is 1. The molecule has 1 saturated heterocycles. The molecule has 4 atom stereocenters. The van der Waals surface area contributed by atoms with Gasteiger partial charge in [-0.3, -0.25) is 4.79 Å². The first-order chi connectivity index (χ1) is 9.52. The van der Waals surface area contributed by atoms with Gasteiger partial charge in [0.05, 0.1) is 6.61 Å². The van der Waals surface area contributed by atoms with Crippen molar-refractivity contribution in [3.63, 3.8) is 0 Å². The van der Waals surface area contributed by atoms with Crippen LogP contribution in [0.2, 0.25) is 0 Å². The van der Waals surface area contributed by atoms with Crippen LogP contribution in [0.4, 0.5) is 0 Å². The second-order valence-electron chi connectivity index (χ2n) is 8.11. The fraction of sp³-hybridized carbons (Fsp3) is 0.941. The Balaban J connectivity index is 1.57. The van der Waals surface area contributed by atoms with Gasteiger partial charge in [-0.1, -0.05) is 33.1 Å². The molecule has 1 N–H and O–H groups in total. The van der Waals surface area contributed by atoms with E-state index in [1.807, 2.05) is 0 Å². The molecule has 3 aliphatic carbocycles. The maximum Gasteiger partial charge on any atom is 0.253 e. The molecule has 1 aliphatic heterocycles. The Morgan fingerprint density at radius 3 is 2.55 bits per heavy atom. The Bertz CT molecular complexity index is 444. The fourth-order valence-electron chi connectivity index (χ4n) is 5.81. The summed E-state index contributed by atoms with van der Waals surface area (Å²) in [4.78, 5) is 13.0. The highest BCUT2D eigenvalue weighted by atomic mass is 16.5. The highest BCUT2D eigenvalue weighted by Crippen LogP contribution is 2.75. The summed E-state index contributed by atoms with van der Waals surface area (Å²) in [6.45, 7) is 5.45. The van der Waals surface area contributed by atoms with Crippen molar-refractivity contribution in [2.75, 3.05) is 6.61 Å². The fourth-order valence-corrected chi connectivity index (χ4v) is 5.81. The zero-order valence-electron chi connectivity index (χ0n) is 12.8. The zero-order chi connectivity index (χ0) is 14.0. The molecule has 3 heteroatoms. The van der Waals surface area contributed by atoms with Crippen molar-refractivity contribution in [1.82, 2.24) is 5.32 Å². The van der Waals surface area contributed by atoms with Gasteiger partial charge in [0.25, 0.3) is 5.91 Å². The minimum absolute atomic E-state index is 0.0589. The summed E-state index contributed by atoms with van der Waals surface area (Å²) in [6.07, 6.45) is 9.55. The standard InChI is InChI=1S/C17H27NO2/c1-15-11-20-17(10-12(15)8-9-16(15,17)2)14(19)18-13-6-4-3-5-7-13/h12-13H,3-11H2,1-2H3,(H,18,19)/t12-,15-,16+,17-/m1/s1. The molecule has 20 heavy (non-hydrogen) atoms. The van der Waals surface area contributed by atoms with Crippen molar-refractivity contribution in [3.05, 3.63) is 0 Å². The number of carbonyl (C=O) groups excluding carboxylic acids is 1. The Morgan fingerprint density at radius 2 is 1.90 bits per heavy atom. The van der Waals surface area contributed by atoms with E-state index in [4.69, 9.17) is 4.74 Å². The topological polar surface area (TPSA) is 38.3 Å². The summed E-state index contributed by atoms with van der Waals surface area (Å²) in [6, 6.07) is 0.392. The molecule has 4 aliphatic rings. The summed E-state index contributed by atoms with van der Waals surface area (Å²) in [5.41, 5.74) is -0.220. The van der Waals surface area contributed by atoms with E-state index in [0.717, 1.165) is 32.3 Å². The van der Waals surface area contributed by atoms with Crippen LogP contribution in [0, 0.1) is 16.7 Å². The maximum atomic E-state index is 13.0. The molecule has 1 heterocycles. The van der Waals surface area contributed by atoms with Crippen molar-refractivity contribution >= 4 is 5.91 Å². The van der Waals surface area contributed by atoms with Crippen molar-refractivity contribution < 1.29 is 9.53 Å². The molecule has 0 aromatic rings. The zero-order valence-corrected chi connectivity index (χ0v) is 12.8. The predicted molar refractivity (Wildman–Crippen MR) is 77.3 cm³/mol. The van der Waals surface area contributed by atoms with Crippen LogP contribution in [0.5, 0.6) is 0 Å². The molecule has 4 rings (SSSR count). The largest absolute Gasteiger partial charge is 0.364 e. The van der Waals surface area contributed by atoms with Crippen LogP contribution in [0.15, 0.2) is 0 Å². The van der Waals surface area contributed by atoms with E-state index in [1.165, 1.54) is 25.7 Å². The maximum absolute atomic E-state index is 13.0. The number of rotatable bonds is 2. The first kappa shape index (κ1) is 13.1. The molecule has 112 valence electrons. The first-order valence-electron chi connectivity index (χ1n) is 8.47. The number of hydrogen-bond acceptors (Lipinski definition) is 2. The van der Waals surface area contributed by atoms with Crippen LogP contribution < -0.4 is 5.32 Å². The Labute approximate surface area is 121 Å². The second kappa shape index (κ2) is 4.00. The monoisotopic (exact) mass is 277 g/mol. The van der Waals surface area contributed by atoms with E-state index in [-0.39, 0.29) is 16.7 Å². The molecular formula is C17H27NO2. The third-order valence-electron chi connectivity index (χ3n) is 7.51. The molecule has 0 aromatic heterocycles. The van der Waals surface area contributed by atoms with Crippen molar-refractivity contribution in [3.8, 4) is 0 Å². The summed E-state index contributed by atoms with van der Waals surface area (Å²) >= 11 is 0. The van der Waals surface area contributed by atoms with Gasteiger partial charge in [0.1, 0.15) is 0 Å². The minimum Gasteiger partial charge on any atom is -0.364 e. The third-order valence-corrected chi connectivity index (χ3v) is 7.51. The number of hydrogen-bond donors (Lipinski definition) is 1. The molecule has 3 saturated carbocycles. The van der Waals surface area contributed by atoms with Gasteiger partial charge in [-0.25, -0.2) is 0 Å².